The van der Waals surface area contributed by atoms with Gasteiger partial charge < -0.3 is 20.9 Å². The zero-order chi connectivity index (χ0) is 46.8. The monoisotopic (exact) mass is 926 g/mol. The lowest BCUT2D eigenvalue weighted by atomic mass is 10.1. The molecule has 4 aromatic carbocycles. The molecule has 2 heterocycles. The van der Waals surface area contributed by atoms with E-state index in [9.17, 15) is 54.0 Å². The van der Waals surface area contributed by atoms with Gasteiger partial charge in [-0.05, 0) is 49.2 Å². The highest BCUT2D eigenvalue weighted by atomic mass is 32.2. The second-order valence-corrected chi connectivity index (χ2v) is 19.9. The van der Waals surface area contributed by atoms with Gasteiger partial charge >= 0.3 is 24.1 Å². The van der Waals surface area contributed by atoms with Crippen LogP contribution in [0.2, 0.25) is 0 Å². The molecule has 64 heavy (non-hydrogen) atoms. The average Bonchev–Trinajstić information content (AvgIpc) is 3.26. The Kier molecular flexibility index (Phi) is 16.1. The molecule has 0 spiro atoms. The summed E-state index contributed by atoms with van der Waals surface area (Å²) in [5.74, 6) is -3.29. The van der Waals surface area contributed by atoms with Gasteiger partial charge in [0.05, 0.1) is 49.2 Å². The lowest BCUT2D eigenvalue weighted by Gasteiger charge is -2.33. The maximum atomic E-state index is 13.3. The van der Waals surface area contributed by atoms with Crippen LogP contribution in [0.5, 0.6) is 0 Å². The van der Waals surface area contributed by atoms with Gasteiger partial charge in [-0.3, -0.25) is 24.2 Å². The average molecular weight is 927 g/mol. The van der Waals surface area contributed by atoms with E-state index in [4.69, 9.17) is 5.73 Å². The third-order valence-corrected chi connectivity index (χ3v) is 13.7. The maximum absolute atomic E-state index is 13.3. The Bertz CT molecular complexity index is 2510. The second kappa shape index (κ2) is 21.0. The number of amides is 5. The number of nitrogens with zero attached hydrogens (tertiary/aromatic N) is 4. The van der Waals surface area contributed by atoms with Crippen molar-refractivity contribution in [3.05, 3.63) is 130 Å². The highest BCUT2D eigenvalue weighted by Gasteiger charge is 2.38. The molecule has 0 radical (unpaired) electrons. The molecule has 15 nitrogen and oxygen atoms in total. The summed E-state index contributed by atoms with van der Waals surface area (Å²) in [7, 11) is -6.24. The molecule has 342 valence electrons. The van der Waals surface area contributed by atoms with Crippen molar-refractivity contribution in [2.75, 3.05) is 72.1 Å². The van der Waals surface area contributed by atoms with Gasteiger partial charge in [0.2, 0.25) is 0 Å². The number of benzene rings is 4. The highest BCUT2D eigenvalue weighted by molar-refractivity contribution is 7.91. The highest BCUT2D eigenvalue weighted by Crippen LogP contribution is 2.24. The molecule has 0 saturated carbocycles. The Morgan fingerprint density at radius 2 is 0.922 bits per heavy atom. The molecular formula is C44H49F3N6O9S2. The van der Waals surface area contributed by atoms with Gasteiger partial charge in [0.15, 0.2) is 31.2 Å². The van der Waals surface area contributed by atoms with Crippen molar-refractivity contribution in [3.8, 4) is 0 Å². The van der Waals surface area contributed by atoms with Gasteiger partial charge in [-0.25, -0.2) is 26.4 Å². The van der Waals surface area contributed by atoms with Crippen molar-refractivity contribution in [1.82, 2.24) is 15.1 Å². The van der Waals surface area contributed by atoms with Crippen LogP contribution in [0.4, 0.5) is 34.1 Å². The summed E-state index contributed by atoms with van der Waals surface area (Å²) >= 11 is 0. The Morgan fingerprint density at radius 1 is 0.578 bits per heavy atom. The molecule has 20 heteroatoms. The fraction of sp³-hybridized carbons (Fsp3) is 0.341. The molecule has 2 aliphatic heterocycles. The van der Waals surface area contributed by atoms with Crippen LogP contribution in [0.25, 0.3) is 0 Å². The van der Waals surface area contributed by atoms with Crippen molar-refractivity contribution < 1.29 is 54.0 Å². The quantitative estimate of drug-likeness (QED) is 0.198. The fourth-order valence-corrected chi connectivity index (χ4v) is 8.98. The second-order valence-electron chi connectivity index (χ2n) is 15.3. The Labute approximate surface area is 369 Å². The summed E-state index contributed by atoms with van der Waals surface area (Å²) in [5, 5.41) is 1.54. The van der Waals surface area contributed by atoms with E-state index in [0.29, 0.717) is 23.4 Å². The first-order valence-electron chi connectivity index (χ1n) is 20.1. The van der Waals surface area contributed by atoms with Crippen molar-refractivity contribution in [2.24, 2.45) is 5.73 Å². The molecular weight excluding hydrogens is 878 g/mol. The van der Waals surface area contributed by atoms with Gasteiger partial charge in [0.25, 0.3) is 0 Å². The molecule has 2 aliphatic rings. The van der Waals surface area contributed by atoms with Crippen molar-refractivity contribution in [2.45, 2.75) is 33.1 Å². The molecule has 2 fully saturated rings. The summed E-state index contributed by atoms with van der Waals surface area (Å²) in [5.41, 5.74) is 10.9. The van der Waals surface area contributed by atoms with E-state index in [2.05, 4.69) is 0 Å². The standard InChI is InChI=1S/C23H24F3N3O5S.C21H25N3O4S/c1-16-2-8-19(9-3-16)29(22(32)28-10-12-35(33,34)13-11-28)15-17-4-6-18(7-5-17)20(30)14-27-21(31)23(24,25)26;1-16-2-8-19(9-3-16)24(21(26)23-10-12-29(27,28)13-11-23)15-17-4-6-18(7-5-17)20(25)14-22/h2-9H,10-15H2,1H3,(H,27,31);2-9H,10-15,22H2,1H3. The summed E-state index contributed by atoms with van der Waals surface area (Å²) < 4.78 is 83.8. The number of alkyl halides is 3. The van der Waals surface area contributed by atoms with E-state index in [0.717, 1.165) is 22.4 Å². The van der Waals surface area contributed by atoms with Crippen LogP contribution in [0.1, 0.15) is 43.0 Å². The number of sulfone groups is 2. The molecule has 0 aromatic heterocycles. The minimum atomic E-state index is -5.07. The minimum absolute atomic E-state index is 0.0175. The van der Waals surface area contributed by atoms with E-state index in [1.807, 2.05) is 50.2 Å². The SMILES string of the molecule is Cc1ccc(N(Cc2ccc(C(=O)CN)cc2)C(=O)N2CCS(=O)(=O)CC2)cc1.Cc1ccc(N(Cc2ccc(C(=O)CNC(=O)C(F)(F)F)cc2)C(=O)N2CCS(=O)(=O)CC2)cc1. The van der Waals surface area contributed by atoms with E-state index < -0.39 is 44.1 Å². The van der Waals surface area contributed by atoms with Crippen LogP contribution in [0, 0.1) is 13.8 Å². The summed E-state index contributed by atoms with van der Waals surface area (Å²) in [4.78, 5) is 67.4. The number of urea groups is 2. The van der Waals surface area contributed by atoms with Gasteiger partial charge in [-0.1, -0.05) is 83.9 Å². The fourth-order valence-electron chi connectivity index (χ4n) is 6.57. The number of ketones is 2. The van der Waals surface area contributed by atoms with Crippen molar-refractivity contribution in [1.29, 1.82) is 0 Å². The molecule has 2 saturated heterocycles. The molecule has 0 aliphatic carbocycles. The molecule has 3 N–H and O–H groups in total. The number of hydrogen-bond donors (Lipinski definition) is 2. The third-order valence-electron chi connectivity index (χ3n) is 10.5. The number of carbonyl (C=O) groups is 5. The Hall–Kier alpha value is -6.12. The normalized spacial score (nSPS) is 15.5. The zero-order valence-electron chi connectivity index (χ0n) is 35.2. The van der Waals surface area contributed by atoms with Crippen LogP contribution in [-0.4, -0.2) is 125 Å². The minimum Gasteiger partial charge on any atom is -0.341 e. The number of halogens is 3. The van der Waals surface area contributed by atoms with E-state index in [-0.39, 0.29) is 85.7 Å². The number of hydrogen-bond acceptors (Lipinski definition) is 10. The molecule has 0 unspecified atom stereocenters. The molecule has 4 aromatic rings. The van der Waals surface area contributed by atoms with Crippen LogP contribution in [0.3, 0.4) is 0 Å². The first-order chi connectivity index (χ1) is 30.1. The lowest BCUT2D eigenvalue weighted by molar-refractivity contribution is -0.173. The van der Waals surface area contributed by atoms with Crippen molar-refractivity contribution >= 4 is 60.6 Å². The van der Waals surface area contributed by atoms with Gasteiger partial charge in [-0.15, -0.1) is 0 Å². The first kappa shape index (κ1) is 48.9. The van der Waals surface area contributed by atoms with E-state index >= 15 is 0 Å². The third kappa shape index (κ3) is 13.7. The molecule has 5 amide bonds. The first-order valence-corrected chi connectivity index (χ1v) is 23.8. The van der Waals surface area contributed by atoms with Crippen molar-refractivity contribution in [3.63, 3.8) is 0 Å². The predicted molar refractivity (Wildman–Crippen MR) is 236 cm³/mol. The van der Waals surface area contributed by atoms with Crippen LogP contribution in [0.15, 0.2) is 97.1 Å². The van der Waals surface area contributed by atoms with Gasteiger partial charge in [0.1, 0.15) is 0 Å². The predicted octanol–water partition coefficient (Wildman–Crippen LogP) is 4.71. The number of nitrogens with one attached hydrogen (secondary N) is 1. The summed E-state index contributed by atoms with van der Waals surface area (Å²) in [6.45, 7) is 3.99. The zero-order valence-corrected chi connectivity index (χ0v) is 36.8. The molecule has 0 atom stereocenters. The molecule has 0 bridgehead atoms. The van der Waals surface area contributed by atoms with Crippen LogP contribution in [-0.2, 0) is 37.6 Å². The smallest absolute Gasteiger partial charge is 0.341 e. The molecule has 6 rings (SSSR count). The Morgan fingerprint density at radius 3 is 1.25 bits per heavy atom. The number of rotatable bonds is 11. The summed E-state index contributed by atoms with van der Waals surface area (Å²) in [6.07, 6.45) is -5.07. The van der Waals surface area contributed by atoms with Gasteiger partial charge in [0, 0.05) is 48.7 Å². The Balaban J connectivity index is 0.000000245. The number of aryl methyl sites for hydroxylation is 2. The van der Waals surface area contributed by atoms with Crippen LogP contribution >= 0.6 is 0 Å². The maximum Gasteiger partial charge on any atom is 0.471 e. The van der Waals surface area contributed by atoms with E-state index in [1.54, 1.807) is 58.3 Å². The largest absolute Gasteiger partial charge is 0.471 e. The summed E-state index contributed by atoms with van der Waals surface area (Å²) in [6, 6.07) is 27.2. The lowest BCUT2D eigenvalue weighted by Crippen LogP contribution is -2.49. The van der Waals surface area contributed by atoms with E-state index in [1.165, 1.54) is 27.2 Å². The van der Waals surface area contributed by atoms with Gasteiger partial charge in [-0.2, -0.15) is 13.2 Å². The van der Waals surface area contributed by atoms with Crippen LogP contribution < -0.4 is 20.9 Å². The topological polar surface area (TPSA) is 205 Å². The number of anilines is 2. The number of nitrogens with two attached hydrogens (primary N) is 1. The number of Topliss-reactive ketones (excluding diaryl/α,β-unsaturated/α-hetero) is 2. The number of carbonyl (C=O) groups excluding carboxylic acids is 5.